The fourth-order valence-corrected chi connectivity index (χ4v) is 1.87. The summed E-state index contributed by atoms with van der Waals surface area (Å²) in [5.74, 6) is 0. The van der Waals surface area contributed by atoms with Crippen LogP contribution < -0.4 is 0 Å². The summed E-state index contributed by atoms with van der Waals surface area (Å²) in [7, 11) is 0. The Morgan fingerprint density at radius 3 is 1.52 bits per heavy atom. The zero-order valence-electron chi connectivity index (χ0n) is 11.8. The van der Waals surface area contributed by atoms with Crippen LogP contribution in [-0.2, 0) is 32.8 Å². The van der Waals surface area contributed by atoms with E-state index in [1.807, 2.05) is 60.7 Å². The van der Waals surface area contributed by atoms with E-state index in [0.29, 0.717) is 13.2 Å². The zero-order valence-corrected chi connectivity index (χ0v) is 11.8. The summed E-state index contributed by atoms with van der Waals surface area (Å²) in [6.07, 6.45) is -0.600. The van der Waals surface area contributed by atoms with E-state index in [0.717, 1.165) is 11.1 Å². The van der Waals surface area contributed by atoms with Gasteiger partial charge < -0.3 is 9.47 Å². The van der Waals surface area contributed by atoms with Crippen molar-refractivity contribution >= 4 is 0 Å². The molecule has 21 heavy (non-hydrogen) atoms. The smallest absolute Gasteiger partial charge is 0.143 e. The van der Waals surface area contributed by atoms with Crippen LogP contribution in [0.1, 0.15) is 11.1 Å². The lowest BCUT2D eigenvalue weighted by atomic mass is 10.2. The predicted octanol–water partition coefficient (Wildman–Crippen LogP) is 3.15. The highest BCUT2D eigenvalue weighted by molar-refractivity contribution is 5.14. The van der Waals surface area contributed by atoms with Crippen LogP contribution in [0.2, 0.25) is 0 Å². The number of hydrogen-bond acceptors (Lipinski definition) is 3. The average Bonchev–Trinajstić information content (AvgIpc) is 2.55. The summed E-state index contributed by atoms with van der Waals surface area (Å²) in [6.45, 7) is 1.35. The molecule has 0 aliphatic heterocycles. The van der Waals surface area contributed by atoms with Crippen LogP contribution in [-0.4, -0.2) is 19.3 Å². The monoisotopic (exact) mass is 287 g/mol. The van der Waals surface area contributed by atoms with Crippen molar-refractivity contribution in [1.29, 1.82) is 0 Å². The minimum absolute atomic E-state index is 0.215. The van der Waals surface area contributed by atoms with Gasteiger partial charge in [0.25, 0.3) is 0 Å². The van der Waals surface area contributed by atoms with Crippen LogP contribution in [0.5, 0.6) is 0 Å². The molecule has 0 aromatic heterocycles. The van der Waals surface area contributed by atoms with Crippen molar-refractivity contribution in [2.45, 2.75) is 19.3 Å². The SMILES string of the molecule is [O]OC(COCc1ccccc1)COCc1ccccc1. The molecule has 0 spiro atoms. The third-order valence-corrected chi connectivity index (χ3v) is 2.97. The fourth-order valence-electron chi connectivity index (χ4n) is 1.87. The topological polar surface area (TPSA) is 47.6 Å². The quantitative estimate of drug-likeness (QED) is 0.526. The van der Waals surface area contributed by atoms with Crippen molar-refractivity contribution < 1.29 is 19.6 Å². The number of hydrogen-bond donors (Lipinski definition) is 0. The summed E-state index contributed by atoms with van der Waals surface area (Å²) in [5, 5.41) is 10.7. The molecule has 0 aliphatic rings. The van der Waals surface area contributed by atoms with E-state index < -0.39 is 6.10 Å². The van der Waals surface area contributed by atoms with E-state index in [4.69, 9.17) is 9.47 Å². The average molecular weight is 287 g/mol. The molecule has 111 valence electrons. The first-order chi connectivity index (χ1) is 10.4. The lowest BCUT2D eigenvalue weighted by Crippen LogP contribution is -2.24. The molecule has 0 aliphatic carbocycles. The molecule has 0 heterocycles. The Morgan fingerprint density at radius 2 is 1.14 bits per heavy atom. The number of ether oxygens (including phenoxy) is 2. The van der Waals surface area contributed by atoms with Gasteiger partial charge >= 0.3 is 0 Å². The second kappa shape index (κ2) is 9.26. The van der Waals surface area contributed by atoms with Crippen molar-refractivity contribution in [3.63, 3.8) is 0 Å². The molecule has 4 nitrogen and oxygen atoms in total. The highest BCUT2D eigenvalue weighted by atomic mass is 17.1. The van der Waals surface area contributed by atoms with Crippen LogP contribution in [0.3, 0.4) is 0 Å². The Balaban J connectivity index is 1.64. The zero-order chi connectivity index (χ0) is 14.8. The Hall–Kier alpha value is -1.72. The highest BCUT2D eigenvalue weighted by Gasteiger charge is 2.10. The van der Waals surface area contributed by atoms with Gasteiger partial charge in [-0.25, -0.2) is 0 Å². The van der Waals surface area contributed by atoms with Crippen LogP contribution in [0.4, 0.5) is 0 Å². The number of rotatable bonds is 9. The molecule has 0 fully saturated rings. The molecule has 4 heteroatoms. The van der Waals surface area contributed by atoms with E-state index in [9.17, 15) is 5.26 Å². The van der Waals surface area contributed by atoms with Gasteiger partial charge in [0, 0.05) is 0 Å². The standard InChI is InChI=1S/C17H19O4/c18-21-17(13-19-11-15-7-3-1-4-8-15)14-20-12-16-9-5-2-6-10-16/h1-10,17H,11-14H2. The Labute approximate surface area is 124 Å². The molecular formula is C17H19O4. The van der Waals surface area contributed by atoms with Gasteiger partial charge in [-0.05, 0) is 16.4 Å². The van der Waals surface area contributed by atoms with Gasteiger partial charge in [-0.1, -0.05) is 60.7 Å². The van der Waals surface area contributed by atoms with Crippen molar-refractivity contribution in [3.05, 3.63) is 71.8 Å². The molecule has 0 unspecified atom stereocenters. The van der Waals surface area contributed by atoms with E-state index >= 15 is 0 Å². The first-order valence-electron chi connectivity index (χ1n) is 6.90. The van der Waals surface area contributed by atoms with Crippen molar-refractivity contribution in [2.75, 3.05) is 13.2 Å². The van der Waals surface area contributed by atoms with Crippen molar-refractivity contribution in [1.82, 2.24) is 0 Å². The molecule has 0 saturated carbocycles. The van der Waals surface area contributed by atoms with Gasteiger partial charge in [0.05, 0.1) is 26.4 Å². The molecule has 0 amide bonds. The van der Waals surface area contributed by atoms with Gasteiger partial charge in [-0.3, -0.25) is 0 Å². The summed E-state index contributed by atoms with van der Waals surface area (Å²) < 4.78 is 10.9. The first kappa shape index (κ1) is 15.7. The summed E-state index contributed by atoms with van der Waals surface area (Å²) in [5.41, 5.74) is 2.12. The second-order valence-electron chi connectivity index (χ2n) is 4.72. The molecule has 0 N–H and O–H groups in total. The van der Waals surface area contributed by atoms with Crippen LogP contribution >= 0.6 is 0 Å². The molecule has 2 aromatic rings. The molecule has 2 aromatic carbocycles. The third kappa shape index (κ3) is 6.06. The lowest BCUT2D eigenvalue weighted by Gasteiger charge is -2.13. The highest BCUT2D eigenvalue weighted by Crippen LogP contribution is 2.04. The van der Waals surface area contributed by atoms with Gasteiger partial charge in [0.1, 0.15) is 6.10 Å². The van der Waals surface area contributed by atoms with Gasteiger partial charge in [-0.2, -0.15) is 4.89 Å². The van der Waals surface area contributed by atoms with E-state index in [2.05, 4.69) is 4.89 Å². The van der Waals surface area contributed by atoms with E-state index in [1.54, 1.807) is 0 Å². The minimum Gasteiger partial charge on any atom is -0.374 e. The van der Waals surface area contributed by atoms with E-state index in [1.165, 1.54) is 0 Å². The Kier molecular flexibility index (Phi) is 6.91. The largest absolute Gasteiger partial charge is 0.374 e. The van der Waals surface area contributed by atoms with Crippen LogP contribution in [0, 0.1) is 0 Å². The Morgan fingerprint density at radius 1 is 0.714 bits per heavy atom. The second-order valence-corrected chi connectivity index (χ2v) is 4.72. The minimum atomic E-state index is -0.600. The maximum atomic E-state index is 10.7. The summed E-state index contributed by atoms with van der Waals surface area (Å²) >= 11 is 0. The molecule has 1 radical (unpaired) electrons. The predicted molar refractivity (Wildman–Crippen MR) is 77.8 cm³/mol. The lowest BCUT2D eigenvalue weighted by molar-refractivity contribution is -0.347. The maximum absolute atomic E-state index is 10.7. The van der Waals surface area contributed by atoms with Crippen LogP contribution in [0.25, 0.3) is 0 Å². The molecule has 0 atom stereocenters. The maximum Gasteiger partial charge on any atom is 0.143 e. The Bertz CT molecular complexity index is 441. The molecule has 2 rings (SSSR count). The normalized spacial score (nSPS) is 11.0. The van der Waals surface area contributed by atoms with Gasteiger partial charge in [0.2, 0.25) is 0 Å². The van der Waals surface area contributed by atoms with Gasteiger partial charge in [-0.15, -0.1) is 0 Å². The molecular weight excluding hydrogens is 268 g/mol. The summed E-state index contributed by atoms with van der Waals surface area (Å²) in [6, 6.07) is 19.6. The number of benzene rings is 2. The van der Waals surface area contributed by atoms with E-state index in [-0.39, 0.29) is 13.2 Å². The third-order valence-electron chi connectivity index (χ3n) is 2.97. The van der Waals surface area contributed by atoms with Crippen LogP contribution in [0.15, 0.2) is 60.7 Å². The molecule has 0 saturated heterocycles. The molecule has 0 bridgehead atoms. The van der Waals surface area contributed by atoms with Crippen molar-refractivity contribution in [2.24, 2.45) is 0 Å². The van der Waals surface area contributed by atoms with Gasteiger partial charge in [0.15, 0.2) is 0 Å². The first-order valence-corrected chi connectivity index (χ1v) is 6.90. The fraction of sp³-hybridized carbons (Fsp3) is 0.294. The summed E-state index contributed by atoms with van der Waals surface area (Å²) in [4.78, 5) is 4.13. The van der Waals surface area contributed by atoms with Crippen molar-refractivity contribution in [3.8, 4) is 0 Å².